The summed E-state index contributed by atoms with van der Waals surface area (Å²) in [6.07, 6.45) is -0.900. The molecule has 37 heavy (non-hydrogen) atoms. The molecular formula is C26H29ClN6O3S. The van der Waals surface area contributed by atoms with Crippen LogP contribution < -0.4 is 10.2 Å². The molecule has 11 heteroatoms. The number of nitrogens with zero attached hydrogens (tertiary/aromatic N) is 4. The molecule has 0 aromatic heterocycles. The van der Waals surface area contributed by atoms with Crippen LogP contribution in [-0.2, 0) is 14.3 Å². The lowest BCUT2D eigenvalue weighted by Crippen LogP contribution is -2.60. The number of esters is 1. The minimum Gasteiger partial charge on any atom is -0.469 e. The van der Waals surface area contributed by atoms with Gasteiger partial charge in [0.25, 0.3) is 5.91 Å². The van der Waals surface area contributed by atoms with E-state index in [9.17, 15) is 9.59 Å². The fraction of sp³-hybridized carbons (Fsp3) is 0.346. The van der Waals surface area contributed by atoms with E-state index in [1.165, 1.54) is 7.11 Å². The monoisotopic (exact) mass is 540 g/mol. The number of thiocarbonyl (C=S) groups is 1. The third-order valence-corrected chi connectivity index (χ3v) is 7.14. The zero-order chi connectivity index (χ0) is 26.7. The van der Waals surface area contributed by atoms with Crippen LogP contribution in [0.5, 0.6) is 0 Å². The lowest BCUT2D eigenvalue weighted by atomic mass is 10.0. The van der Waals surface area contributed by atoms with Gasteiger partial charge < -0.3 is 24.8 Å². The summed E-state index contributed by atoms with van der Waals surface area (Å²) in [6, 6.07) is 14.6. The van der Waals surface area contributed by atoms with Crippen molar-refractivity contribution in [2.45, 2.75) is 25.6 Å². The van der Waals surface area contributed by atoms with Crippen LogP contribution in [0, 0.1) is 5.41 Å². The first kappa shape index (κ1) is 26.6. The number of hydrogen-bond acceptors (Lipinski definition) is 6. The van der Waals surface area contributed by atoms with Crippen molar-refractivity contribution < 1.29 is 14.3 Å². The van der Waals surface area contributed by atoms with Gasteiger partial charge in [-0.1, -0.05) is 41.9 Å². The average Bonchev–Trinajstić information content (AvgIpc) is 2.99. The molecule has 2 aromatic rings. The maximum Gasteiger partial charge on any atom is 0.307 e. The van der Waals surface area contributed by atoms with Crippen LogP contribution >= 0.6 is 23.8 Å². The summed E-state index contributed by atoms with van der Waals surface area (Å²) in [5, 5.41) is 12.0. The molecule has 0 bridgehead atoms. The number of amidine groups is 1. The van der Waals surface area contributed by atoms with Crippen LogP contribution in [0.1, 0.15) is 24.5 Å². The number of carbonyl (C=O) groups excluding carboxylic acids is 2. The fourth-order valence-corrected chi connectivity index (χ4v) is 5.07. The highest BCUT2D eigenvalue weighted by Gasteiger charge is 2.35. The number of rotatable bonds is 4. The summed E-state index contributed by atoms with van der Waals surface area (Å²) in [7, 11) is 3.04. The van der Waals surface area contributed by atoms with Crippen molar-refractivity contribution in [2.24, 2.45) is 4.99 Å². The van der Waals surface area contributed by atoms with Gasteiger partial charge in [-0.2, -0.15) is 0 Å². The van der Waals surface area contributed by atoms with Crippen LogP contribution in [-0.4, -0.2) is 84.3 Å². The molecule has 2 heterocycles. The minimum atomic E-state index is -1.000. The van der Waals surface area contributed by atoms with Gasteiger partial charge in [-0.3, -0.25) is 15.0 Å². The Kier molecular flexibility index (Phi) is 8.09. The summed E-state index contributed by atoms with van der Waals surface area (Å²) in [5.74, 6) is -0.234. The summed E-state index contributed by atoms with van der Waals surface area (Å²) >= 11 is 12.1. The Hall–Kier alpha value is -3.50. The van der Waals surface area contributed by atoms with Crippen molar-refractivity contribution in [3.05, 3.63) is 64.7 Å². The number of benzodiazepines with no additional fused rings is 1. The van der Waals surface area contributed by atoms with Crippen molar-refractivity contribution in [3.63, 3.8) is 0 Å². The number of hydrogen-bond donors (Lipinski definition) is 2. The molecule has 4 rings (SSSR count). The van der Waals surface area contributed by atoms with E-state index in [2.05, 4.69) is 5.32 Å². The predicted octanol–water partition coefficient (Wildman–Crippen LogP) is 2.90. The number of piperazine rings is 1. The number of aliphatic imine (C=N–C) groups is 1. The molecule has 2 aromatic carbocycles. The smallest absolute Gasteiger partial charge is 0.307 e. The van der Waals surface area contributed by atoms with E-state index in [1.54, 1.807) is 37.1 Å². The normalized spacial score (nSPS) is 19.5. The standard InChI is InChI=1S/C26H29ClN6O3S/c1-16(28)32-11-12-33(19(15-32)14-22(34)36-3)26(37)30-24-25(35)31(2)21-10-9-18(27)13-20(21)23(29-24)17-7-5-4-6-8-17/h4-10,13,19,24,28H,11-12,14-15H2,1-3H3,(H,30,37). The number of anilines is 1. The molecule has 0 saturated carbocycles. The number of carbonyl (C=O) groups is 2. The Morgan fingerprint density at radius 2 is 1.97 bits per heavy atom. The highest BCUT2D eigenvalue weighted by Crippen LogP contribution is 2.30. The Labute approximate surface area is 226 Å². The van der Waals surface area contributed by atoms with Gasteiger partial charge in [0.2, 0.25) is 6.17 Å². The summed E-state index contributed by atoms with van der Waals surface area (Å²) in [6.45, 7) is 3.19. The van der Waals surface area contributed by atoms with Crippen molar-refractivity contribution >= 4 is 58.0 Å². The van der Waals surface area contributed by atoms with Crippen LogP contribution in [0.4, 0.5) is 5.69 Å². The molecule has 194 valence electrons. The molecule has 1 fully saturated rings. The topological polar surface area (TPSA) is 101 Å². The van der Waals surface area contributed by atoms with Crippen molar-refractivity contribution in [2.75, 3.05) is 38.7 Å². The zero-order valence-electron chi connectivity index (χ0n) is 20.9. The Morgan fingerprint density at radius 3 is 2.65 bits per heavy atom. The first-order chi connectivity index (χ1) is 17.7. The van der Waals surface area contributed by atoms with Crippen molar-refractivity contribution in [1.82, 2.24) is 15.1 Å². The average molecular weight is 541 g/mol. The molecule has 0 aliphatic carbocycles. The molecule has 2 aliphatic heterocycles. The molecule has 0 radical (unpaired) electrons. The molecule has 2 atom stereocenters. The van der Waals surface area contributed by atoms with E-state index in [-0.39, 0.29) is 24.3 Å². The van der Waals surface area contributed by atoms with Crippen LogP contribution in [0.15, 0.2) is 53.5 Å². The van der Waals surface area contributed by atoms with Gasteiger partial charge in [-0.25, -0.2) is 4.99 Å². The van der Waals surface area contributed by atoms with E-state index in [4.69, 9.17) is 39.0 Å². The first-order valence-electron chi connectivity index (χ1n) is 11.8. The summed E-state index contributed by atoms with van der Waals surface area (Å²) < 4.78 is 4.89. The first-order valence-corrected chi connectivity index (χ1v) is 12.6. The largest absolute Gasteiger partial charge is 0.469 e. The number of ether oxygens (including phenoxy) is 1. The van der Waals surface area contributed by atoms with Gasteiger partial charge in [0.1, 0.15) is 0 Å². The SMILES string of the molecule is COC(=O)CC1CN(C(C)=N)CCN1C(=S)NC1N=C(c2ccccc2)c2cc(Cl)ccc2N(C)C1=O. The number of fused-ring (bicyclic) bond motifs is 1. The molecule has 1 saturated heterocycles. The molecule has 9 nitrogen and oxygen atoms in total. The lowest BCUT2D eigenvalue weighted by Gasteiger charge is -2.43. The van der Waals surface area contributed by atoms with Crippen LogP contribution in [0.2, 0.25) is 5.02 Å². The van der Waals surface area contributed by atoms with E-state index in [1.807, 2.05) is 40.1 Å². The Morgan fingerprint density at radius 1 is 1.24 bits per heavy atom. The second-order valence-electron chi connectivity index (χ2n) is 8.91. The summed E-state index contributed by atoms with van der Waals surface area (Å²) in [4.78, 5) is 35.9. The van der Waals surface area contributed by atoms with Crippen LogP contribution in [0.3, 0.4) is 0 Å². The predicted molar refractivity (Wildman–Crippen MR) is 149 cm³/mol. The highest BCUT2D eigenvalue weighted by molar-refractivity contribution is 7.80. The summed E-state index contributed by atoms with van der Waals surface area (Å²) in [5.41, 5.74) is 2.88. The molecule has 1 amide bonds. The fourth-order valence-electron chi connectivity index (χ4n) is 4.54. The van der Waals surface area contributed by atoms with Gasteiger partial charge in [-0.15, -0.1) is 0 Å². The number of likely N-dealkylation sites (N-methyl/N-ethyl adjacent to an activating group) is 1. The molecule has 2 unspecified atom stereocenters. The third-order valence-electron chi connectivity index (χ3n) is 6.55. The van der Waals surface area contributed by atoms with Crippen molar-refractivity contribution in [1.29, 1.82) is 5.41 Å². The minimum absolute atomic E-state index is 0.100. The lowest BCUT2D eigenvalue weighted by molar-refractivity contribution is -0.142. The maximum atomic E-state index is 13.6. The number of nitrogens with one attached hydrogen (secondary N) is 2. The molecular weight excluding hydrogens is 512 g/mol. The zero-order valence-corrected chi connectivity index (χ0v) is 22.5. The number of amides is 1. The van der Waals surface area contributed by atoms with E-state index in [0.29, 0.717) is 47.0 Å². The van der Waals surface area contributed by atoms with E-state index < -0.39 is 6.17 Å². The van der Waals surface area contributed by atoms with Gasteiger partial charge in [0.15, 0.2) is 5.11 Å². The van der Waals surface area contributed by atoms with Gasteiger partial charge in [0, 0.05) is 42.8 Å². The van der Waals surface area contributed by atoms with Crippen molar-refractivity contribution in [3.8, 4) is 0 Å². The second kappa shape index (κ2) is 11.3. The Bertz CT molecular complexity index is 1250. The number of benzene rings is 2. The molecule has 2 aliphatic rings. The van der Waals surface area contributed by atoms with E-state index in [0.717, 1.165) is 11.1 Å². The third kappa shape index (κ3) is 5.75. The van der Waals surface area contributed by atoms with Gasteiger partial charge in [-0.05, 0) is 37.3 Å². The van der Waals surface area contributed by atoms with Gasteiger partial charge in [0.05, 0.1) is 36.8 Å². The number of methoxy groups -OCH3 is 1. The second-order valence-corrected chi connectivity index (χ2v) is 9.74. The molecule has 0 spiro atoms. The maximum absolute atomic E-state index is 13.6. The van der Waals surface area contributed by atoms with E-state index >= 15 is 0 Å². The number of halogens is 1. The highest BCUT2D eigenvalue weighted by atomic mass is 35.5. The van der Waals surface area contributed by atoms with Gasteiger partial charge >= 0.3 is 5.97 Å². The quantitative estimate of drug-likeness (QED) is 0.266. The van der Waals surface area contributed by atoms with Crippen LogP contribution in [0.25, 0.3) is 0 Å². The Balaban J connectivity index is 1.67. The molecule has 2 N–H and O–H groups in total.